The van der Waals surface area contributed by atoms with E-state index in [-0.39, 0.29) is 30.7 Å². The number of ether oxygens (including phenoxy) is 4. The minimum absolute atomic E-state index is 0.0502. The monoisotopic (exact) mass is 640 g/mol. The number of furan rings is 1. The molecule has 5 aliphatic heterocycles. The molecule has 5 saturated heterocycles. The zero-order valence-corrected chi connectivity index (χ0v) is 27.4. The van der Waals surface area contributed by atoms with Crippen LogP contribution in [-0.4, -0.2) is 78.2 Å². The number of unbranched alkanes of at least 4 members (excludes halogenated alkanes) is 3. The van der Waals surface area contributed by atoms with Crippen LogP contribution in [0.5, 0.6) is 0 Å². The van der Waals surface area contributed by atoms with E-state index in [4.69, 9.17) is 23.4 Å². The summed E-state index contributed by atoms with van der Waals surface area (Å²) in [6.07, 6.45) is 5.81. The maximum atomic E-state index is 14.4. The van der Waals surface area contributed by atoms with Crippen molar-refractivity contribution in [2.45, 2.75) is 127 Å². The van der Waals surface area contributed by atoms with Gasteiger partial charge in [-0.3, -0.25) is 9.59 Å². The molecule has 2 aliphatic carbocycles. The number of esters is 2. The Kier molecular flexibility index (Phi) is 6.97. The number of aliphatic hydroxyl groups excluding tert-OH is 1. The number of aryl methyl sites for hydroxylation is 1. The number of ketones is 1. The summed E-state index contributed by atoms with van der Waals surface area (Å²) in [5, 5.41) is 18.9. The van der Waals surface area contributed by atoms with Gasteiger partial charge in [-0.05, 0) is 51.5 Å². The Morgan fingerprint density at radius 2 is 1.83 bits per heavy atom. The fraction of sp³-hybridized carbons (Fsp3) is 0.800. The average molecular weight is 641 g/mol. The van der Waals surface area contributed by atoms with E-state index >= 15 is 0 Å². The number of rotatable bonds is 8. The summed E-state index contributed by atoms with van der Waals surface area (Å²) in [5.74, 6) is -1.27. The summed E-state index contributed by atoms with van der Waals surface area (Å²) in [4.78, 5) is 40.6. The molecule has 1 aromatic heterocycles. The predicted octanol–water partition coefficient (Wildman–Crippen LogP) is 3.12. The highest BCUT2D eigenvalue weighted by atomic mass is 16.7. The summed E-state index contributed by atoms with van der Waals surface area (Å²) < 4.78 is 31.0. The molecule has 7 aliphatic rings. The second kappa shape index (κ2) is 10.3. The van der Waals surface area contributed by atoms with Crippen LogP contribution in [0.4, 0.5) is 0 Å². The number of cyclic esters (lactones) is 2. The van der Waals surface area contributed by atoms with Gasteiger partial charge in [0.05, 0.1) is 30.3 Å². The Labute approximate surface area is 269 Å². The number of aliphatic hydroxyl groups is 1. The Hall–Kier alpha value is -2.31. The van der Waals surface area contributed by atoms with Crippen molar-refractivity contribution in [3.05, 3.63) is 23.7 Å². The first-order chi connectivity index (χ1) is 21.9. The first kappa shape index (κ1) is 31.0. The molecule has 46 heavy (non-hydrogen) atoms. The molecule has 11 unspecified atom stereocenters. The fourth-order valence-electron chi connectivity index (χ4n) is 11.6. The molecule has 11 nitrogen and oxygen atoms in total. The molecule has 11 heteroatoms. The molecule has 2 saturated carbocycles. The standard InChI is InChI=1S/C35H48N2O9/c1-31(2)26-25(39)27(40)33(4)22(34(26)17-43-24(38)15-23(34)45-31)11-13-32(3)28(44-30(41)29-35(32,33)46-29)20-12-14-42-21(20)10-8-6-5-7-9-19-16-36-18-37-19/h12,14,19,22-23,26-29,36-37,40H,5-11,13,15-18H2,1-4H3. The van der Waals surface area contributed by atoms with Gasteiger partial charge in [-0.1, -0.05) is 33.1 Å². The number of fused-ring (bicyclic) bond motifs is 1. The number of nitrogens with one attached hydrogen (secondary N) is 2. The van der Waals surface area contributed by atoms with Crippen LogP contribution in [0.2, 0.25) is 0 Å². The Bertz CT molecular complexity index is 1440. The number of epoxide rings is 1. The molecular formula is C35H48N2O9. The van der Waals surface area contributed by atoms with Gasteiger partial charge in [-0.2, -0.15) is 0 Å². The molecule has 11 atom stereocenters. The highest BCUT2D eigenvalue weighted by Gasteiger charge is 2.90. The van der Waals surface area contributed by atoms with Gasteiger partial charge in [0.1, 0.15) is 30.2 Å². The van der Waals surface area contributed by atoms with Crippen molar-refractivity contribution in [2.24, 2.45) is 28.1 Å². The third-order valence-electron chi connectivity index (χ3n) is 13.5. The topological polar surface area (TPSA) is 149 Å². The van der Waals surface area contributed by atoms with E-state index in [1.54, 1.807) is 6.26 Å². The number of hydrogen-bond acceptors (Lipinski definition) is 11. The molecule has 252 valence electrons. The molecule has 2 spiro atoms. The van der Waals surface area contributed by atoms with Crippen LogP contribution >= 0.6 is 0 Å². The smallest absolute Gasteiger partial charge is 0.339 e. The van der Waals surface area contributed by atoms with Crippen molar-refractivity contribution in [2.75, 3.05) is 19.8 Å². The van der Waals surface area contributed by atoms with Crippen molar-refractivity contribution in [3.63, 3.8) is 0 Å². The van der Waals surface area contributed by atoms with Crippen molar-refractivity contribution < 1.29 is 42.9 Å². The molecule has 0 amide bonds. The second-order valence-electron chi connectivity index (χ2n) is 16.1. The van der Waals surface area contributed by atoms with E-state index in [2.05, 4.69) is 17.6 Å². The van der Waals surface area contributed by atoms with Crippen LogP contribution in [0.15, 0.2) is 16.7 Å². The van der Waals surface area contributed by atoms with Crippen LogP contribution in [0.25, 0.3) is 0 Å². The summed E-state index contributed by atoms with van der Waals surface area (Å²) in [5.41, 5.74) is -3.89. The van der Waals surface area contributed by atoms with Crippen LogP contribution in [0, 0.1) is 28.1 Å². The van der Waals surface area contributed by atoms with Gasteiger partial charge in [0, 0.05) is 47.5 Å². The van der Waals surface area contributed by atoms with Crippen LogP contribution < -0.4 is 10.6 Å². The summed E-state index contributed by atoms with van der Waals surface area (Å²) in [6, 6.07) is 2.47. The minimum Gasteiger partial charge on any atom is -0.469 e. The first-order valence-electron chi connectivity index (χ1n) is 17.4. The highest BCUT2D eigenvalue weighted by Crippen LogP contribution is 2.80. The largest absolute Gasteiger partial charge is 0.469 e. The Balaban J connectivity index is 1.09. The zero-order chi connectivity index (χ0) is 32.3. The molecule has 7 fully saturated rings. The summed E-state index contributed by atoms with van der Waals surface area (Å²) in [6.45, 7) is 9.73. The molecule has 6 heterocycles. The lowest BCUT2D eigenvalue weighted by Gasteiger charge is -2.66. The van der Waals surface area contributed by atoms with E-state index in [0.717, 1.165) is 50.2 Å². The lowest BCUT2D eigenvalue weighted by atomic mass is 9.36. The van der Waals surface area contributed by atoms with E-state index in [1.165, 1.54) is 12.8 Å². The molecule has 8 rings (SSSR count). The zero-order valence-electron chi connectivity index (χ0n) is 27.4. The van der Waals surface area contributed by atoms with Gasteiger partial charge < -0.3 is 39.1 Å². The van der Waals surface area contributed by atoms with Crippen molar-refractivity contribution in [1.29, 1.82) is 0 Å². The van der Waals surface area contributed by atoms with E-state index in [1.807, 2.05) is 26.8 Å². The maximum Gasteiger partial charge on any atom is 0.339 e. The van der Waals surface area contributed by atoms with Crippen LogP contribution in [-0.2, 0) is 39.8 Å². The van der Waals surface area contributed by atoms with Gasteiger partial charge in [0.2, 0.25) is 0 Å². The Morgan fingerprint density at radius 3 is 2.61 bits per heavy atom. The summed E-state index contributed by atoms with van der Waals surface area (Å²) >= 11 is 0. The van der Waals surface area contributed by atoms with Gasteiger partial charge >= 0.3 is 11.9 Å². The van der Waals surface area contributed by atoms with E-state index in [0.29, 0.717) is 18.9 Å². The minimum atomic E-state index is -1.39. The summed E-state index contributed by atoms with van der Waals surface area (Å²) in [7, 11) is 0. The van der Waals surface area contributed by atoms with Crippen molar-refractivity contribution >= 4 is 17.7 Å². The lowest BCUT2D eigenvalue weighted by molar-refractivity contribution is -0.252. The number of Topliss-reactive ketones (excluding diaryl/α,β-unsaturated/α-hetero) is 1. The molecule has 0 radical (unpaired) electrons. The second-order valence-corrected chi connectivity index (χ2v) is 16.1. The lowest BCUT2D eigenvalue weighted by Crippen LogP contribution is -2.76. The normalized spacial score (nSPS) is 46.8. The quantitative estimate of drug-likeness (QED) is 0.219. The van der Waals surface area contributed by atoms with Crippen molar-refractivity contribution in [1.82, 2.24) is 10.6 Å². The molecule has 3 N–H and O–H groups in total. The molecule has 0 bridgehead atoms. The van der Waals surface area contributed by atoms with Gasteiger partial charge in [-0.15, -0.1) is 0 Å². The molecule has 0 aromatic carbocycles. The first-order valence-corrected chi connectivity index (χ1v) is 17.4. The fourth-order valence-corrected chi connectivity index (χ4v) is 11.6. The van der Waals surface area contributed by atoms with Gasteiger partial charge in [0.15, 0.2) is 11.9 Å². The maximum absolute atomic E-state index is 14.4. The van der Waals surface area contributed by atoms with E-state index in [9.17, 15) is 19.5 Å². The highest BCUT2D eigenvalue weighted by molar-refractivity contribution is 5.92. The van der Waals surface area contributed by atoms with E-state index < -0.39 is 63.8 Å². The third kappa shape index (κ3) is 3.86. The SMILES string of the molecule is CC1(C)OC2CC(=O)OCC23C1C(=O)C(O)C1(C)C3CCC2(C)C(c3ccoc3CCCCCCC3CNCN3)OC(=O)C3OC321. The van der Waals surface area contributed by atoms with Crippen LogP contribution in [0.3, 0.4) is 0 Å². The predicted molar refractivity (Wildman–Crippen MR) is 162 cm³/mol. The number of hydrogen-bond donors (Lipinski definition) is 3. The molecular weight excluding hydrogens is 592 g/mol. The number of carbonyl (C=O) groups excluding carboxylic acids is 3. The number of carbonyl (C=O) groups is 3. The Morgan fingerprint density at radius 1 is 1.02 bits per heavy atom. The van der Waals surface area contributed by atoms with Crippen LogP contribution in [0.1, 0.15) is 96.5 Å². The van der Waals surface area contributed by atoms with Gasteiger partial charge in [0.25, 0.3) is 0 Å². The average Bonchev–Trinajstić information content (AvgIpc) is 3.26. The molecule has 1 aromatic rings. The third-order valence-corrected chi connectivity index (χ3v) is 13.5. The van der Waals surface area contributed by atoms with Gasteiger partial charge in [-0.25, -0.2) is 4.79 Å². The van der Waals surface area contributed by atoms with Crippen molar-refractivity contribution in [3.8, 4) is 0 Å².